The van der Waals surface area contributed by atoms with E-state index in [1.165, 1.54) is 6.07 Å². The lowest BCUT2D eigenvalue weighted by atomic mass is 9.97. The molecular formula is C14H16F3NO2. The van der Waals surface area contributed by atoms with E-state index in [1.54, 1.807) is 0 Å². The summed E-state index contributed by atoms with van der Waals surface area (Å²) in [5, 5.41) is 3.11. The third-order valence-electron chi connectivity index (χ3n) is 3.66. The molecule has 0 bridgehead atoms. The first-order chi connectivity index (χ1) is 9.55. The zero-order valence-electron chi connectivity index (χ0n) is 10.9. The van der Waals surface area contributed by atoms with Crippen molar-refractivity contribution >= 4 is 0 Å². The number of hydrogen-bond acceptors (Lipinski definition) is 3. The van der Waals surface area contributed by atoms with Crippen LogP contribution in [0.5, 0.6) is 11.5 Å². The largest absolute Gasteiger partial charge is 0.490 e. The van der Waals surface area contributed by atoms with Crippen molar-refractivity contribution in [2.75, 3.05) is 19.8 Å². The van der Waals surface area contributed by atoms with Crippen LogP contribution in [-0.2, 0) is 6.18 Å². The summed E-state index contributed by atoms with van der Waals surface area (Å²) in [4.78, 5) is 0. The second-order valence-corrected chi connectivity index (χ2v) is 5.08. The molecule has 3 nitrogen and oxygen atoms in total. The van der Waals surface area contributed by atoms with E-state index in [4.69, 9.17) is 9.47 Å². The Morgan fingerprint density at radius 1 is 1.05 bits per heavy atom. The topological polar surface area (TPSA) is 30.5 Å². The van der Waals surface area contributed by atoms with Crippen LogP contribution in [-0.4, -0.2) is 19.8 Å². The summed E-state index contributed by atoms with van der Waals surface area (Å²) >= 11 is 0. The standard InChI is InChI=1S/C14H16F3NO2/c15-14(16,17)10-8-13-12(19-5-2-6-20-13)7-9(10)11-3-1-4-18-11/h7-8,11,18H,1-6H2. The number of rotatable bonds is 1. The Morgan fingerprint density at radius 3 is 2.35 bits per heavy atom. The van der Waals surface area contributed by atoms with Gasteiger partial charge in [0.15, 0.2) is 11.5 Å². The van der Waals surface area contributed by atoms with Gasteiger partial charge in [-0.2, -0.15) is 13.2 Å². The predicted octanol–water partition coefficient (Wildman–Crippen LogP) is 3.29. The highest BCUT2D eigenvalue weighted by Gasteiger charge is 2.37. The van der Waals surface area contributed by atoms with Gasteiger partial charge < -0.3 is 14.8 Å². The van der Waals surface area contributed by atoms with Gasteiger partial charge in [0.25, 0.3) is 0 Å². The van der Waals surface area contributed by atoms with Gasteiger partial charge in [-0.05, 0) is 37.1 Å². The first kappa shape index (κ1) is 13.5. The number of alkyl halides is 3. The molecule has 20 heavy (non-hydrogen) atoms. The van der Waals surface area contributed by atoms with E-state index in [0.717, 1.165) is 19.0 Å². The Labute approximate surface area is 115 Å². The van der Waals surface area contributed by atoms with Gasteiger partial charge in [0.05, 0.1) is 18.8 Å². The molecule has 0 spiro atoms. The summed E-state index contributed by atoms with van der Waals surface area (Å²) in [5.74, 6) is 0.607. The van der Waals surface area contributed by atoms with Crippen LogP contribution in [0, 0.1) is 0 Å². The lowest BCUT2D eigenvalue weighted by Gasteiger charge is -2.20. The van der Waals surface area contributed by atoms with Crippen LogP contribution in [0.15, 0.2) is 12.1 Å². The van der Waals surface area contributed by atoms with Gasteiger partial charge in [-0.25, -0.2) is 0 Å². The second-order valence-electron chi connectivity index (χ2n) is 5.08. The molecular weight excluding hydrogens is 271 g/mol. The molecule has 6 heteroatoms. The van der Waals surface area contributed by atoms with Crippen LogP contribution in [0.1, 0.15) is 36.4 Å². The third-order valence-corrected chi connectivity index (χ3v) is 3.66. The molecule has 0 radical (unpaired) electrons. The van der Waals surface area contributed by atoms with Crippen molar-refractivity contribution in [1.29, 1.82) is 0 Å². The van der Waals surface area contributed by atoms with Crippen molar-refractivity contribution in [3.8, 4) is 11.5 Å². The molecule has 0 amide bonds. The van der Waals surface area contributed by atoms with Gasteiger partial charge in [-0.1, -0.05) is 0 Å². The van der Waals surface area contributed by atoms with Gasteiger partial charge in [-0.15, -0.1) is 0 Å². The van der Waals surface area contributed by atoms with E-state index in [1.807, 2.05) is 0 Å². The molecule has 0 saturated carbocycles. The molecule has 2 heterocycles. The summed E-state index contributed by atoms with van der Waals surface area (Å²) in [7, 11) is 0. The highest BCUT2D eigenvalue weighted by atomic mass is 19.4. The summed E-state index contributed by atoms with van der Waals surface area (Å²) in [6, 6.07) is 2.31. The Morgan fingerprint density at radius 2 is 1.75 bits per heavy atom. The molecule has 0 aliphatic carbocycles. The highest BCUT2D eigenvalue weighted by Crippen LogP contribution is 2.43. The monoisotopic (exact) mass is 287 g/mol. The average Bonchev–Trinajstić information content (AvgIpc) is 2.82. The minimum Gasteiger partial charge on any atom is -0.490 e. The van der Waals surface area contributed by atoms with Crippen molar-refractivity contribution in [3.63, 3.8) is 0 Å². The zero-order valence-corrected chi connectivity index (χ0v) is 10.9. The summed E-state index contributed by atoms with van der Waals surface area (Å²) < 4.78 is 50.6. The van der Waals surface area contributed by atoms with Gasteiger partial charge in [0.1, 0.15) is 0 Å². The SMILES string of the molecule is FC(F)(F)c1cc2c(cc1C1CCCN1)OCCCO2. The minimum atomic E-state index is -4.38. The van der Waals surface area contributed by atoms with Crippen molar-refractivity contribution in [1.82, 2.24) is 5.32 Å². The van der Waals surface area contributed by atoms with Crippen molar-refractivity contribution in [3.05, 3.63) is 23.3 Å². The fourth-order valence-corrected chi connectivity index (χ4v) is 2.71. The maximum Gasteiger partial charge on any atom is 0.416 e. The number of halogens is 3. The number of hydrogen-bond donors (Lipinski definition) is 1. The first-order valence-electron chi connectivity index (χ1n) is 6.80. The van der Waals surface area contributed by atoms with Crippen molar-refractivity contribution < 1.29 is 22.6 Å². The summed E-state index contributed by atoms with van der Waals surface area (Å²) in [5.41, 5.74) is -0.361. The zero-order chi connectivity index (χ0) is 14.2. The maximum absolute atomic E-state index is 13.2. The van der Waals surface area contributed by atoms with Gasteiger partial charge in [0.2, 0.25) is 0 Å². The van der Waals surface area contributed by atoms with Crippen LogP contribution in [0.4, 0.5) is 13.2 Å². The molecule has 1 unspecified atom stereocenters. The van der Waals surface area contributed by atoms with Crippen LogP contribution in [0.2, 0.25) is 0 Å². The van der Waals surface area contributed by atoms with Crippen LogP contribution >= 0.6 is 0 Å². The van der Waals surface area contributed by atoms with Gasteiger partial charge in [0, 0.05) is 12.5 Å². The van der Waals surface area contributed by atoms with E-state index in [9.17, 15) is 13.2 Å². The molecule has 3 rings (SSSR count). The van der Waals surface area contributed by atoms with Crippen LogP contribution < -0.4 is 14.8 Å². The van der Waals surface area contributed by atoms with Crippen LogP contribution in [0.3, 0.4) is 0 Å². The van der Waals surface area contributed by atoms with E-state index in [-0.39, 0.29) is 17.4 Å². The quantitative estimate of drug-likeness (QED) is 0.859. The van der Waals surface area contributed by atoms with E-state index in [0.29, 0.717) is 31.8 Å². The Balaban J connectivity index is 2.07. The summed E-state index contributed by atoms with van der Waals surface area (Å²) in [6.07, 6.45) is -2.11. The Bertz CT molecular complexity index is 496. The molecule has 2 aliphatic rings. The molecule has 1 saturated heterocycles. The maximum atomic E-state index is 13.2. The lowest BCUT2D eigenvalue weighted by Crippen LogP contribution is -2.19. The predicted molar refractivity (Wildman–Crippen MR) is 67.0 cm³/mol. The second kappa shape index (κ2) is 5.16. The summed E-state index contributed by atoms with van der Waals surface area (Å²) in [6.45, 7) is 1.59. The van der Waals surface area contributed by atoms with Crippen molar-refractivity contribution in [2.45, 2.75) is 31.5 Å². The third kappa shape index (κ3) is 2.57. The van der Waals surface area contributed by atoms with E-state index >= 15 is 0 Å². The normalized spacial score (nSPS) is 22.6. The lowest BCUT2D eigenvalue weighted by molar-refractivity contribution is -0.138. The number of nitrogens with one attached hydrogen (secondary N) is 1. The molecule has 1 fully saturated rings. The fourth-order valence-electron chi connectivity index (χ4n) is 2.71. The molecule has 110 valence electrons. The molecule has 0 aromatic heterocycles. The molecule has 1 aromatic carbocycles. The van der Waals surface area contributed by atoms with Gasteiger partial charge in [-0.3, -0.25) is 0 Å². The number of benzene rings is 1. The first-order valence-corrected chi connectivity index (χ1v) is 6.80. The highest BCUT2D eigenvalue weighted by molar-refractivity contribution is 5.50. The van der Waals surface area contributed by atoms with E-state index < -0.39 is 11.7 Å². The molecule has 1 aromatic rings. The smallest absolute Gasteiger partial charge is 0.416 e. The van der Waals surface area contributed by atoms with E-state index in [2.05, 4.69) is 5.32 Å². The molecule has 2 aliphatic heterocycles. The van der Waals surface area contributed by atoms with Crippen molar-refractivity contribution in [2.24, 2.45) is 0 Å². The fraction of sp³-hybridized carbons (Fsp3) is 0.571. The minimum absolute atomic E-state index is 0.191. The Hall–Kier alpha value is -1.43. The molecule has 1 N–H and O–H groups in total. The molecule has 1 atom stereocenters. The average molecular weight is 287 g/mol. The van der Waals surface area contributed by atoms with Crippen LogP contribution in [0.25, 0.3) is 0 Å². The number of ether oxygens (including phenoxy) is 2. The Kier molecular flexibility index (Phi) is 3.50. The number of fused-ring (bicyclic) bond motifs is 1. The van der Waals surface area contributed by atoms with Gasteiger partial charge >= 0.3 is 6.18 Å².